The number of aromatic amines is 1. The smallest absolute Gasteiger partial charge is 0.0473 e. The second kappa shape index (κ2) is 4.24. The second-order valence-corrected chi connectivity index (χ2v) is 5.27. The van der Waals surface area contributed by atoms with E-state index in [2.05, 4.69) is 78.6 Å². The quantitative estimate of drug-likeness (QED) is 0.476. The van der Waals surface area contributed by atoms with Crippen LogP contribution in [0.15, 0.2) is 66.7 Å². The molecule has 0 aliphatic heterocycles. The minimum absolute atomic E-state index is 1.20. The molecule has 0 bridgehead atoms. The van der Waals surface area contributed by atoms with Crippen molar-refractivity contribution in [1.29, 1.82) is 0 Å². The molecule has 0 aliphatic rings. The Morgan fingerprint density at radius 1 is 0.750 bits per heavy atom. The summed E-state index contributed by atoms with van der Waals surface area (Å²) in [4.78, 5) is 3.53. The molecular weight excluding hydrogens is 242 g/mol. The molecule has 1 nitrogen and oxygen atoms in total. The summed E-state index contributed by atoms with van der Waals surface area (Å²) < 4.78 is 0. The van der Waals surface area contributed by atoms with Crippen LogP contribution in [0.2, 0.25) is 0 Å². The zero-order valence-corrected chi connectivity index (χ0v) is 11.4. The van der Waals surface area contributed by atoms with Crippen molar-refractivity contribution in [3.63, 3.8) is 0 Å². The fourth-order valence-corrected chi connectivity index (χ4v) is 2.98. The van der Waals surface area contributed by atoms with Gasteiger partial charge in [0.05, 0.1) is 0 Å². The number of aromatic nitrogens is 1. The summed E-state index contributed by atoms with van der Waals surface area (Å²) in [5, 5.41) is 2.61. The Labute approximate surface area is 117 Å². The molecule has 0 spiro atoms. The highest BCUT2D eigenvalue weighted by Crippen LogP contribution is 2.35. The minimum atomic E-state index is 1.20. The van der Waals surface area contributed by atoms with Crippen molar-refractivity contribution in [3.8, 4) is 11.1 Å². The lowest BCUT2D eigenvalue weighted by molar-refractivity contribution is 1.47. The van der Waals surface area contributed by atoms with Crippen molar-refractivity contribution < 1.29 is 0 Å². The van der Waals surface area contributed by atoms with Gasteiger partial charge in [0.1, 0.15) is 0 Å². The Bertz CT molecular complexity index is 901. The van der Waals surface area contributed by atoms with Crippen molar-refractivity contribution in [3.05, 3.63) is 72.3 Å². The molecule has 96 valence electrons. The van der Waals surface area contributed by atoms with Crippen LogP contribution in [0.4, 0.5) is 0 Å². The highest BCUT2D eigenvalue weighted by molar-refractivity contribution is 6.14. The van der Waals surface area contributed by atoms with Gasteiger partial charge in [0, 0.05) is 21.8 Å². The van der Waals surface area contributed by atoms with Crippen LogP contribution in [-0.4, -0.2) is 4.98 Å². The van der Waals surface area contributed by atoms with Gasteiger partial charge >= 0.3 is 0 Å². The van der Waals surface area contributed by atoms with E-state index in [0.29, 0.717) is 0 Å². The van der Waals surface area contributed by atoms with Gasteiger partial charge < -0.3 is 4.98 Å². The first-order valence-corrected chi connectivity index (χ1v) is 6.89. The predicted molar refractivity (Wildman–Crippen MR) is 86.0 cm³/mol. The Hall–Kier alpha value is -2.54. The van der Waals surface area contributed by atoms with Gasteiger partial charge in [0.15, 0.2) is 0 Å². The Morgan fingerprint density at radius 3 is 2.35 bits per heavy atom. The first-order chi connectivity index (χ1) is 9.83. The van der Waals surface area contributed by atoms with Crippen molar-refractivity contribution >= 4 is 21.8 Å². The zero-order chi connectivity index (χ0) is 13.5. The molecule has 20 heavy (non-hydrogen) atoms. The van der Waals surface area contributed by atoms with Gasteiger partial charge in [0.25, 0.3) is 0 Å². The van der Waals surface area contributed by atoms with Crippen LogP contribution in [0, 0.1) is 6.92 Å². The first kappa shape index (κ1) is 11.3. The molecule has 0 aliphatic carbocycles. The summed E-state index contributed by atoms with van der Waals surface area (Å²) in [6.45, 7) is 2.15. The van der Waals surface area contributed by atoms with E-state index in [9.17, 15) is 0 Å². The predicted octanol–water partition coefficient (Wildman–Crippen LogP) is 5.30. The molecule has 0 unspecified atom stereocenters. The number of hydrogen-bond donors (Lipinski definition) is 1. The normalized spacial score (nSPS) is 11.2. The van der Waals surface area contributed by atoms with Crippen LogP contribution in [0.3, 0.4) is 0 Å². The molecule has 1 N–H and O–H groups in total. The van der Waals surface area contributed by atoms with Gasteiger partial charge in [-0.3, -0.25) is 0 Å². The second-order valence-electron chi connectivity index (χ2n) is 5.27. The third-order valence-electron chi connectivity index (χ3n) is 3.83. The van der Waals surface area contributed by atoms with E-state index in [1.807, 2.05) is 0 Å². The lowest BCUT2D eigenvalue weighted by atomic mass is 9.97. The van der Waals surface area contributed by atoms with E-state index in [1.54, 1.807) is 0 Å². The van der Waals surface area contributed by atoms with E-state index < -0.39 is 0 Å². The van der Waals surface area contributed by atoms with E-state index in [-0.39, 0.29) is 0 Å². The van der Waals surface area contributed by atoms with Crippen molar-refractivity contribution in [2.24, 2.45) is 0 Å². The molecular formula is C19H15N. The van der Waals surface area contributed by atoms with E-state index >= 15 is 0 Å². The maximum Gasteiger partial charge on any atom is 0.0473 e. The molecule has 0 atom stereocenters. The lowest BCUT2D eigenvalue weighted by Gasteiger charge is -2.06. The van der Waals surface area contributed by atoms with Crippen molar-refractivity contribution in [2.45, 2.75) is 6.92 Å². The Balaban J connectivity index is 2.19. The minimum Gasteiger partial charge on any atom is -0.354 e. The molecule has 4 rings (SSSR count). The van der Waals surface area contributed by atoms with Crippen LogP contribution in [0.25, 0.3) is 32.9 Å². The van der Waals surface area contributed by atoms with Gasteiger partial charge in [-0.05, 0) is 35.7 Å². The molecule has 0 fully saturated rings. The monoisotopic (exact) mass is 257 g/mol. The van der Waals surface area contributed by atoms with Gasteiger partial charge in [-0.25, -0.2) is 0 Å². The molecule has 1 heterocycles. The summed E-state index contributed by atoms with van der Waals surface area (Å²) in [5.74, 6) is 0. The highest BCUT2D eigenvalue weighted by atomic mass is 14.7. The summed E-state index contributed by atoms with van der Waals surface area (Å²) in [5.41, 5.74) is 6.27. The lowest BCUT2D eigenvalue weighted by Crippen LogP contribution is -1.82. The molecule has 1 aromatic heterocycles. The summed E-state index contributed by atoms with van der Waals surface area (Å²) in [6.07, 6.45) is 0. The number of aryl methyl sites for hydroxylation is 1. The Kier molecular flexibility index (Phi) is 2.40. The van der Waals surface area contributed by atoms with Crippen molar-refractivity contribution in [2.75, 3.05) is 0 Å². The van der Waals surface area contributed by atoms with E-state index in [4.69, 9.17) is 0 Å². The average molecular weight is 257 g/mol. The molecule has 0 radical (unpaired) electrons. The largest absolute Gasteiger partial charge is 0.354 e. The number of nitrogens with one attached hydrogen (secondary N) is 1. The molecule has 0 amide bonds. The van der Waals surface area contributed by atoms with E-state index in [1.165, 1.54) is 38.5 Å². The topological polar surface area (TPSA) is 15.8 Å². The SMILES string of the molecule is Cc1cc(-c2ccccc2)c2c(c1)[nH]c1ccccc12. The number of hydrogen-bond acceptors (Lipinski definition) is 0. The standard InChI is InChI=1S/C19H15N/c1-13-11-16(14-7-3-2-4-8-14)19-15-9-5-6-10-17(15)20-18(19)12-13/h2-12,20H,1H3. The van der Waals surface area contributed by atoms with Crippen molar-refractivity contribution in [1.82, 2.24) is 4.98 Å². The first-order valence-electron chi connectivity index (χ1n) is 6.89. The average Bonchev–Trinajstić information content (AvgIpc) is 2.85. The summed E-state index contributed by atoms with van der Waals surface area (Å²) in [7, 11) is 0. The highest BCUT2D eigenvalue weighted by Gasteiger charge is 2.10. The fraction of sp³-hybridized carbons (Fsp3) is 0.0526. The number of rotatable bonds is 1. The number of H-pyrrole nitrogens is 1. The molecule has 1 heteroatoms. The summed E-state index contributed by atoms with van der Waals surface area (Å²) >= 11 is 0. The van der Waals surface area contributed by atoms with Gasteiger partial charge in [-0.1, -0.05) is 54.6 Å². The maximum absolute atomic E-state index is 3.53. The molecule has 3 aromatic carbocycles. The van der Waals surface area contributed by atoms with Gasteiger partial charge in [0.2, 0.25) is 0 Å². The maximum atomic E-state index is 3.53. The number of benzene rings is 3. The van der Waals surface area contributed by atoms with E-state index in [0.717, 1.165) is 0 Å². The Morgan fingerprint density at radius 2 is 1.50 bits per heavy atom. The number of para-hydroxylation sites is 1. The molecule has 4 aromatic rings. The van der Waals surface area contributed by atoms with Crippen LogP contribution in [0.5, 0.6) is 0 Å². The molecule has 0 saturated heterocycles. The molecule has 0 saturated carbocycles. The van der Waals surface area contributed by atoms with Gasteiger partial charge in [-0.15, -0.1) is 0 Å². The third-order valence-corrected chi connectivity index (χ3v) is 3.83. The third kappa shape index (κ3) is 1.64. The number of fused-ring (bicyclic) bond motifs is 3. The van der Waals surface area contributed by atoms with Crippen LogP contribution < -0.4 is 0 Å². The zero-order valence-electron chi connectivity index (χ0n) is 11.4. The summed E-state index contributed by atoms with van der Waals surface area (Å²) in [6, 6.07) is 23.6. The van der Waals surface area contributed by atoms with Gasteiger partial charge in [-0.2, -0.15) is 0 Å². The van der Waals surface area contributed by atoms with Crippen LogP contribution in [0.1, 0.15) is 5.56 Å². The fourth-order valence-electron chi connectivity index (χ4n) is 2.98. The van der Waals surface area contributed by atoms with Crippen LogP contribution in [-0.2, 0) is 0 Å². The van der Waals surface area contributed by atoms with Crippen LogP contribution >= 0.6 is 0 Å².